The van der Waals surface area contributed by atoms with Crippen molar-refractivity contribution in [2.24, 2.45) is 0 Å². The molecule has 116 valence electrons. The number of ether oxygens (including phenoxy) is 1. The monoisotopic (exact) mass is 299 g/mol. The van der Waals surface area contributed by atoms with E-state index in [0.29, 0.717) is 0 Å². The Morgan fingerprint density at radius 1 is 1.33 bits per heavy atom. The second kappa shape index (κ2) is 5.52. The molecule has 0 unspecified atom stereocenters. The highest BCUT2D eigenvalue weighted by Gasteiger charge is 2.57. The van der Waals surface area contributed by atoms with Crippen molar-refractivity contribution >= 4 is 23.9 Å². The Morgan fingerprint density at radius 2 is 1.81 bits per heavy atom. The van der Waals surface area contributed by atoms with Crippen LogP contribution in [0.3, 0.4) is 0 Å². The van der Waals surface area contributed by atoms with Crippen LogP contribution >= 0.6 is 0 Å². The van der Waals surface area contributed by atoms with Crippen LogP contribution in [0.1, 0.15) is 27.2 Å². The van der Waals surface area contributed by atoms with Gasteiger partial charge in [-0.2, -0.15) is 5.06 Å². The molecule has 9 heteroatoms. The molecule has 0 aliphatic carbocycles. The van der Waals surface area contributed by atoms with Crippen molar-refractivity contribution in [1.82, 2.24) is 15.7 Å². The van der Waals surface area contributed by atoms with Gasteiger partial charge in [-0.3, -0.25) is 25.4 Å². The molecule has 1 heterocycles. The molecule has 1 fully saturated rings. The zero-order valence-corrected chi connectivity index (χ0v) is 11.9. The van der Waals surface area contributed by atoms with Crippen molar-refractivity contribution in [3.8, 4) is 0 Å². The molecule has 1 rings (SSSR count). The Hall–Kier alpha value is -2.42. The van der Waals surface area contributed by atoms with Crippen LogP contribution in [-0.2, 0) is 14.3 Å². The third-order valence-corrected chi connectivity index (χ3v) is 2.57. The van der Waals surface area contributed by atoms with Crippen LogP contribution in [0.15, 0.2) is 12.7 Å². The number of barbiturate groups is 1. The average molecular weight is 299 g/mol. The van der Waals surface area contributed by atoms with Crippen LogP contribution in [0, 0.1) is 0 Å². The van der Waals surface area contributed by atoms with Crippen molar-refractivity contribution in [3.05, 3.63) is 12.7 Å². The minimum absolute atomic E-state index is 0.128. The fraction of sp³-hybridized carbons (Fsp3) is 0.500. The lowest BCUT2D eigenvalue weighted by atomic mass is 9.91. The first-order chi connectivity index (χ1) is 9.54. The molecule has 3 N–H and O–H groups in total. The van der Waals surface area contributed by atoms with E-state index in [1.165, 1.54) is 0 Å². The molecule has 1 saturated heterocycles. The lowest BCUT2D eigenvalue weighted by Gasteiger charge is -2.38. The van der Waals surface area contributed by atoms with Crippen molar-refractivity contribution in [3.63, 3.8) is 0 Å². The summed E-state index contributed by atoms with van der Waals surface area (Å²) in [5.74, 6) is -2.30. The summed E-state index contributed by atoms with van der Waals surface area (Å²) in [5, 5.41) is 13.5. The van der Waals surface area contributed by atoms with Gasteiger partial charge >= 0.3 is 12.1 Å². The SMILES string of the molecule is C=CCC1(N(O)C(=O)OC(C)(C)C)C(=O)NC(=O)NC1=O. The standard InChI is InChI=1S/C12H17N3O6/c1-5-6-12(7(16)13-9(18)14-8(12)17)15(20)10(19)21-11(2,3)4/h5,20H,1,6H2,2-4H3,(H2,13,14,16,17,18). The van der Waals surface area contributed by atoms with E-state index in [1.807, 2.05) is 10.6 Å². The largest absolute Gasteiger partial charge is 0.442 e. The van der Waals surface area contributed by atoms with Gasteiger partial charge in [0.25, 0.3) is 11.8 Å². The second-order valence-electron chi connectivity index (χ2n) is 5.38. The number of hydrogen-bond donors (Lipinski definition) is 3. The van der Waals surface area contributed by atoms with E-state index in [0.717, 1.165) is 6.08 Å². The lowest BCUT2D eigenvalue weighted by molar-refractivity contribution is -0.182. The number of imide groups is 2. The minimum Gasteiger partial charge on any atom is -0.442 e. The van der Waals surface area contributed by atoms with Crippen LogP contribution in [0.5, 0.6) is 0 Å². The van der Waals surface area contributed by atoms with E-state index in [1.54, 1.807) is 20.8 Å². The summed E-state index contributed by atoms with van der Waals surface area (Å²) in [4.78, 5) is 47.0. The normalized spacial score (nSPS) is 17.6. The highest BCUT2D eigenvalue weighted by Crippen LogP contribution is 2.24. The summed E-state index contributed by atoms with van der Waals surface area (Å²) < 4.78 is 4.91. The van der Waals surface area contributed by atoms with Gasteiger partial charge in [-0.25, -0.2) is 9.59 Å². The molecule has 0 radical (unpaired) electrons. The predicted molar refractivity (Wildman–Crippen MR) is 69.1 cm³/mol. The molecule has 0 spiro atoms. The Balaban J connectivity index is 3.18. The van der Waals surface area contributed by atoms with Crippen molar-refractivity contribution in [2.45, 2.75) is 38.3 Å². The van der Waals surface area contributed by atoms with Crippen LogP contribution in [0.2, 0.25) is 0 Å². The van der Waals surface area contributed by atoms with E-state index >= 15 is 0 Å². The van der Waals surface area contributed by atoms with Crippen LogP contribution < -0.4 is 10.6 Å². The third-order valence-electron chi connectivity index (χ3n) is 2.57. The highest BCUT2D eigenvalue weighted by atomic mass is 16.6. The molecule has 1 aliphatic rings. The van der Waals surface area contributed by atoms with E-state index in [4.69, 9.17) is 4.74 Å². The van der Waals surface area contributed by atoms with Crippen LogP contribution in [0.25, 0.3) is 0 Å². The quantitative estimate of drug-likeness (QED) is 0.298. The van der Waals surface area contributed by atoms with Gasteiger partial charge < -0.3 is 4.74 Å². The number of amides is 5. The highest BCUT2D eigenvalue weighted by molar-refractivity contribution is 6.23. The summed E-state index contributed by atoms with van der Waals surface area (Å²) in [5.41, 5.74) is -3.30. The van der Waals surface area contributed by atoms with Gasteiger partial charge in [0.05, 0.1) is 0 Å². The van der Waals surface area contributed by atoms with E-state index in [2.05, 4.69) is 6.58 Å². The smallest absolute Gasteiger partial charge is 0.435 e. The number of nitrogens with one attached hydrogen (secondary N) is 2. The maximum Gasteiger partial charge on any atom is 0.435 e. The molecule has 0 bridgehead atoms. The lowest BCUT2D eigenvalue weighted by Crippen LogP contribution is -2.73. The Bertz CT molecular complexity index is 488. The first-order valence-corrected chi connectivity index (χ1v) is 6.04. The summed E-state index contributed by atoms with van der Waals surface area (Å²) in [6, 6.07) is -1.04. The third kappa shape index (κ3) is 3.19. The van der Waals surface area contributed by atoms with Gasteiger partial charge in [-0.1, -0.05) is 6.08 Å². The summed E-state index contributed by atoms with van der Waals surface area (Å²) in [7, 11) is 0. The van der Waals surface area contributed by atoms with Gasteiger partial charge in [0.15, 0.2) is 0 Å². The van der Waals surface area contributed by atoms with E-state index in [9.17, 15) is 24.4 Å². The molecular weight excluding hydrogens is 282 g/mol. The van der Waals surface area contributed by atoms with E-state index < -0.39 is 41.5 Å². The number of urea groups is 1. The van der Waals surface area contributed by atoms with Gasteiger partial charge in [0, 0.05) is 6.42 Å². The Kier molecular flexibility index (Phi) is 4.37. The Morgan fingerprint density at radius 3 is 2.19 bits per heavy atom. The maximum atomic E-state index is 12.0. The van der Waals surface area contributed by atoms with Crippen molar-refractivity contribution in [1.29, 1.82) is 0 Å². The minimum atomic E-state index is -2.35. The van der Waals surface area contributed by atoms with Gasteiger partial charge in [-0.05, 0) is 20.8 Å². The van der Waals surface area contributed by atoms with Gasteiger partial charge in [0.1, 0.15) is 5.60 Å². The molecule has 0 atom stereocenters. The zero-order valence-electron chi connectivity index (χ0n) is 11.9. The molecule has 21 heavy (non-hydrogen) atoms. The molecular formula is C12H17N3O6. The number of nitrogens with zero attached hydrogens (tertiary/aromatic N) is 1. The first kappa shape index (κ1) is 16.6. The van der Waals surface area contributed by atoms with Crippen LogP contribution in [-0.4, -0.2) is 45.3 Å². The molecule has 0 saturated carbocycles. The van der Waals surface area contributed by atoms with Crippen molar-refractivity contribution in [2.75, 3.05) is 0 Å². The average Bonchev–Trinajstić information content (AvgIpc) is 2.30. The number of hydroxylamine groups is 2. The van der Waals surface area contributed by atoms with Crippen molar-refractivity contribution < 1.29 is 29.1 Å². The number of carbonyl (C=O) groups excluding carboxylic acids is 4. The molecule has 0 aromatic carbocycles. The molecule has 0 aromatic heterocycles. The Labute approximate surface area is 120 Å². The first-order valence-electron chi connectivity index (χ1n) is 6.04. The topological polar surface area (TPSA) is 125 Å². The molecule has 9 nitrogen and oxygen atoms in total. The second-order valence-corrected chi connectivity index (χ2v) is 5.38. The summed E-state index contributed by atoms with van der Waals surface area (Å²) in [6.07, 6.45) is -0.556. The number of rotatable bonds is 3. The molecule has 1 aliphatic heterocycles. The van der Waals surface area contributed by atoms with Gasteiger partial charge in [-0.15, -0.1) is 6.58 Å². The fourth-order valence-corrected chi connectivity index (χ4v) is 1.68. The van der Waals surface area contributed by atoms with Crippen LogP contribution in [0.4, 0.5) is 9.59 Å². The maximum absolute atomic E-state index is 12.0. The zero-order chi connectivity index (χ0) is 16.4. The summed E-state index contributed by atoms with van der Waals surface area (Å²) in [6.45, 7) is 8.00. The number of carbonyl (C=O) groups is 4. The molecule has 5 amide bonds. The van der Waals surface area contributed by atoms with E-state index in [-0.39, 0.29) is 5.06 Å². The predicted octanol–water partition coefficient (Wildman–Crippen LogP) is 0.294. The summed E-state index contributed by atoms with van der Waals surface area (Å²) >= 11 is 0. The number of hydrogen-bond acceptors (Lipinski definition) is 6. The fourth-order valence-electron chi connectivity index (χ4n) is 1.68. The van der Waals surface area contributed by atoms with Gasteiger partial charge in [0.2, 0.25) is 5.54 Å². The molecule has 0 aromatic rings.